The summed E-state index contributed by atoms with van der Waals surface area (Å²) in [5, 5.41) is 7.94. The van der Waals surface area contributed by atoms with Gasteiger partial charge in [-0.05, 0) is 36.6 Å². The van der Waals surface area contributed by atoms with E-state index in [1.54, 1.807) is 18.1 Å². The molecule has 2 aromatic heterocycles. The number of anilines is 2. The molecule has 0 bridgehead atoms. The van der Waals surface area contributed by atoms with Gasteiger partial charge in [-0.3, -0.25) is 9.48 Å². The Balaban J connectivity index is 1.63. The second-order valence-electron chi connectivity index (χ2n) is 7.60. The van der Waals surface area contributed by atoms with Crippen molar-refractivity contribution < 1.29 is 4.74 Å². The first kappa shape index (κ1) is 19.1. The third-order valence-electron chi connectivity index (χ3n) is 5.61. The van der Waals surface area contributed by atoms with Gasteiger partial charge in [-0.1, -0.05) is 36.4 Å². The Kier molecular flexibility index (Phi) is 4.78. The van der Waals surface area contributed by atoms with Gasteiger partial charge in [0, 0.05) is 24.8 Å². The fraction of sp³-hybridized carbons (Fsp3) is 0.208. The number of fused-ring (bicyclic) bond motifs is 1. The van der Waals surface area contributed by atoms with Crippen LogP contribution in [0.1, 0.15) is 12.1 Å². The van der Waals surface area contributed by atoms with Gasteiger partial charge in [-0.2, -0.15) is 5.10 Å². The highest BCUT2D eigenvalue weighted by Crippen LogP contribution is 2.38. The molecule has 7 nitrogen and oxygen atoms in total. The minimum atomic E-state index is 0.0580. The number of benzene rings is 2. The molecule has 0 spiro atoms. The van der Waals surface area contributed by atoms with Crippen molar-refractivity contribution >= 4 is 11.4 Å². The van der Waals surface area contributed by atoms with Crippen LogP contribution in [-0.4, -0.2) is 26.4 Å². The number of para-hydroxylation sites is 1. The van der Waals surface area contributed by atoms with E-state index in [1.807, 2.05) is 66.2 Å². The van der Waals surface area contributed by atoms with Crippen LogP contribution in [0.4, 0.5) is 11.4 Å². The normalized spacial score (nSPS) is 12.6. The van der Waals surface area contributed by atoms with Gasteiger partial charge >= 0.3 is 0 Å². The summed E-state index contributed by atoms with van der Waals surface area (Å²) in [6.45, 7) is 0.735. The molecule has 0 saturated heterocycles. The molecule has 0 saturated carbocycles. The summed E-state index contributed by atoms with van der Waals surface area (Å²) in [4.78, 5) is 17.5. The van der Waals surface area contributed by atoms with E-state index in [4.69, 9.17) is 4.74 Å². The summed E-state index contributed by atoms with van der Waals surface area (Å²) < 4.78 is 9.30. The van der Waals surface area contributed by atoms with E-state index in [1.165, 1.54) is 0 Å². The molecular weight excluding hydrogens is 390 g/mol. The summed E-state index contributed by atoms with van der Waals surface area (Å²) in [6, 6.07) is 17.6. The van der Waals surface area contributed by atoms with Crippen LogP contribution in [0.2, 0.25) is 0 Å². The van der Waals surface area contributed by atoms with Crippen LogP contribution < -0.4 is 15.6 Å². The number of aryl methyl sites for hydroxylation is 1. The Morgan fingerprint density at radius 3 is 2.61 bits per heavy atom. The molecule has 1 aliphatic heterocycles. The Morgan fingerprint density at radius 1 is 1.03 bits per heavy atom. The summed E-state index contributed by atoms with van der Waals surface area (Å²) in [7, 11) is 3.48. The molecule has 4 aromatic rings. The number of nitrogens with zero attached hydrogens (tertiary/aromatic N) is 4. The maximum Gasteiger partial charge on any atom is 0.258 e. The fourth-order valence-electron chi connectivity index (χ4n) is 4.19. The van der Waals surface area contributed by atoms with Crippen LogP contribution >= 0.6 is 0 Å². The third-order valence-corrected chi connectivity index (χ3v) is 5.61. The molecule has 3 heterocycles. The van der Waals surface area contributed by atoms with Crippen LogP contribution in [0.5, 0.6) is 5.75 Å². The molecule has 0 unspecified atom stereocenters. The van der Waals surface area contributed by atoms with E-state index in [0.717, 1.165) is 47.6 Å². The molecule has 0 atom stereocenters. The molecule has 0 aliphatic carbocycles. The zero-order chi connectivity index (χ0) is 21.4. The molecule has 7 heteroatoms. The van der Waals surface area contributed by atoms with Crippen molar-refractivity contribution in [1.82, 2.24) is 19.3 Å². The highest BCUT2D eigenvalue weighted by molar-refractivity contribution is 5.80. The molecule has 1 aliphatic rings. The van der Waals surface area contributed by atoms with Crippen molar-refractivity contribution in [3.05, 3.63) is 77.0 Å². The van der Waals surface area contributed by atoms with Gasteiger partial charge in [0.15, 0.2) is 11.6 Å². The molecule has 31 heavy (non-hydrogen) atoms. The van der Waals surface area contributed by atoms with E-state index in [-0.39, 0.29) is 5.56 Å². The number of ether oxygens (including phenoxy) is 1. The molecule has 2 aromatic carbocycles. The van der Waals surface area contributed by atoms with Crippen LogP contribution in [-0.2, 0) is 20.0 Å². The van der Waals surface area contributed by atoms with Crippen molar-refractivity contribution in [3.8, 4) is 28.3 Å². The monoisotopic (exact) mass is 413 g/mol. The lowest BCUT2D eigenvalue weighted by molar-refractivity contribution is 0.418. The van der Waals surface area contributed by atoms with Crippen LogP contribution in [0.3, 0.4) is 0 Å². The predicted molar refractivity (Wildman–Crippen MR) is 121 cm³/mol. The lowest BCUT2D eigenvalue weighted by atomic mass is 10.1. The molecule has 1 N–H and O–H groups in total. The topological polar surface area (TPSA) is 74.0 Å². The van der Waals surface area contributed by atoms with E-state index in [2.05, 4.69) is 15.4 Å². The number of methoxy groups -OCH3 is 1. The summed E-state index contributed by atoms with van der Waals surface area (Å²) in [5.74, 6) is 1.26. The van der Waals surface area contributed by atoms with Gasteiger partial charge in [-0.15, -0.1) is 0 Å². The van der Waals surface area contributed by atoms with Crippen molar-refractivity contribution in [3.63, 3.8) is 0 Å². The number of hydrogen-bond acceptors (Lipinski definition) is 5. The Hall–Kier alpha value is -3.87. The quantitative estimate of drug-likeness (QED) is 0.535. The molecular formula is C24H23N5O2. The maximum atomic E-state index is 13.1. The summed E-state index contributed by atoms with van der Waals surface area (Å²) in [6.07, 6.45) is 3.48. The van der Waals surface area contributed by atoms with Crippen LogP contribution in [0, 0.1) is 0 Å². The number of rotatable bonds is 5. The smallest absolute Gasteiger partial charge is 0.258 e. The average Bonchev–Trinajstić information content (AvgIpc) is 3.46. The molecule has 0 amide bonds. The van der Waals surface area contributed by atoms with Gasteiger partial charge in [0.25, 0.3) is 5.56 Å². The van der Waals surface area contributed by atoms with Gasteiger partial charge in [0.2, 0.25) is 0 Å². The fourth-order valence-corrected chi connectivity index (χ4v) is 4.19. The highest BCUT2D eigenvalue weighted by Gasteiger charge is 2.22. The summed E-state index contributed by atoms with van der Waals surface area (Å²) >= 11 is 0. The first-order valence-electron chi connectivity index (χ1n) is 10.3. The molecule has 156 valence electrons. The number of aromatic nitrogens is 4. The minimum Gasteiger partial charge on any atom is -0.494 e. The largest absolute Gasteiger partial charge is 0.494 e. The Bertz CT molecular complexity index is 1310. The second kappa shape index (κ2) is 7.75. The van der Waals surface area contributed by atoms with E-state index in [0.29, 0.717) is 17.1 Å². The lowest BCUT2D eigenvalue weighted by Crippen LogP contribution is -2.22. The first-order chi connectivity index (χ1) is 15.2. The maximum absolute atomic E-state index is 13.1. The van der Waals surface area contributed by atoms with E-state index < -0.39 is 0 Å². The van der Waals surface area contributed by atoms with E-state index >= 15 is 0 Å². The van der Waals surface area contributed by atoms with Crippen molar-refractivity contribution in [2.45, 2.75) is 19.4 Å². The number of pyridine rings is 1. The lowest BCUT2D eigenvalue weighted by Gasteiger charge is -2.18. The highest BCUT2D eigenvalue weighted by atomic mass is 16.5. The molecule has 0 radical (unpaired) electrons. The van der Waals surface area contributed by atoms with Gasteiger partial charge in [-0.25, -0.2) is 4.98 Å². The number of hydrogen-bond donors (Lipinski definition) is 1. The zero-order valence-corrected chi connectivity index (χ0v) is 17.5. The molecule has 0 fully saturated rings. The third kappa shape index (κ3) is 3.38. The Labute approximate surface area is 180 Å². The number of nitrogens with one attached hydrogen (secondary N) is 1. The zero-order valence-electron chi connectivity index (χ0n) is 17.5. The van der Waals surface area contributed by atoms with Crippen LogP contribution in [0.25, 0.3) is 22.5 Å². The van der Waals surface area contributed by atoms with E-state index in [9.17, 15) is 4.79 Å². The van der Waals surface area contributed by atoms with Crippen molar-refractivity contribution in [2.24, 2.45) is 7.05 Å². The Morgan fingerprint density at radius 2 is 1.87 bits per heavy atom. The average molecular weight is 413 g/mol. The minimum absolute atomic E-state index is 0.0580. The van der Waals surface area contributed by atoms with Crippen LogP contribution in [0.15, 0.2) is 65.7 Å². The van der Waals surface area contributed by atoms with Crippen molar-refractivity contribution in [1.29, 1.82) is 0 Å². The SMILES string of the molecule is COc1c(Nc2cc(-c3ccccc3)c(=O)n3c2CCC3)cccc1-c1ncn(C)n1. The second-order valence-corrected chi connectivity index (χ2v) is 7.60. The standard InChI is InChI=1S/C24H23N5O2/c1-28-15-25-23(27-28)17-10-6-11-19(22(17)31-2)26-20-14-18(16-8-4-3-5-9-16)24(30)29-13-7-12-21(20)29/h3-6,8-11,14-15,26H,7,12-13H2,1-2H3. The summed E-state index contributed by atoms with van der Waals surface area (Å²) in [5.41, 5.74) is 5.21. The van der Waals surface area contributed by atoms with Gasteiger partial charge < -0.3 is 14.6 Å². The first-order valence-corrected chi connectivity index (χ1v) is 10.3. The van der Waals surface area contributed by atoms with Gasteiger partial charge in [0.1, 0.15) is 6.33 Å². The van der Waals surface area contributed by atoms with Gasteiger partial charge in [0.05, 0.1) is 24.0 Å². The molecule has 5 rings (SSSR count). The predicted octanol–water partition coefficient (Wildman–Crippen LogP) is 4.01. The van der Waals surface area contributed by atoms with Crippen molar-refractivity contribution in [2.75, 3.05) is 12.4 Å².